The fourth-order valence-electron chi connectivity index (χ4n) is 3.08. The molecular weight excluding hydrogens is 443 g/mol. The van der Waals surface area contributed by atoms with Crippen LogP contribution in [0.15, 0.2) is 6.08 Å². The first-order valence-electron chi connectivity index (χ1n) is 8.29. The van der Waals surface area contributed by atoms with E-state index >= 15 is 0 Å². The Morgan fingerprint density at radius 3 is 2.17 bits per heavy atom. The molecule has 2 aromatic rings. The highest BCUT2D eigenvalue weighted by Gasteiger charge is 2.35. The van der Waals surface area contributed by atoms with Gasteiger partial charge >= 0.3 is 5.97 Å². The number of aromatic hydroxyl groups is 1. The van der Waals surface area contributed by atoms with Crippen LogP contribution in [0.3, 0.4) is 0 Å². The Kier molecular flexibility index (Phi) is 6.65. The summed E-state index contributed by atoms with van der Waals surface area (Å²) in [5.41, 5.74) is 2.06. The van der Waals surface area contributed by atoms with Crippen LogP contribution in [0.1, 0.15) is 40.9 Å². The van der Waals surface area contributed by atoms with Crippen LogP contribution in [0.5, 0.6) is 28.7 Å². The summed E-state index contributed by atoms with van der Waals surface area (Å²) in [6, 6.07) is 0. The summed E-state index contributed by atoms with van der Waals surface area (Å²) in [6.07, 6.45) is 1.83. The second-order valence-corrected chi connectivity index (χ2v) is 7.41. The maximum atomic E-state index is 12.9. The molecule has 0 atom stereocenters. The number of phenolic OH excluding ortho intramolecular Hbond substituents is 1. The third kappa shape index (κ3) is 3.40. The second-order valence-electron chi connectivity index (χ2n) is 6.27. The Bertz CT molecular complexity index is 1060. The Morgan fingerprint density at radius 1 is 1.00 bits per heavy atom. The number of phenols is 1. The molecule has 0 amide bonds. The summed E-state index contributed by atoms with van der Waals surface area (Å²) >= 11 is 18.9. The quantitative estimate of drug-likeness (QED) is 0.443. The van der Waals surface area contributed by atoms with Gasteiger partial charge in [0.1, 0.15) is 16.3 Å². The molecule has 0 unspecified atom stereocenters. The fourth-order valence-corrected chi connectivity index (χ4v) is 4.00. The van der Waals surface area contributed by atoms with Crippen molar-refractivity contribution in [2.45, 2.75) is 27.7 Å². The van der Waals surface area contributed by atoms with Crippen molar-refractivity contribution >= 4 is 46.3 Å². The molecule has 0 radical (unpaired) electrons. The first kappa shape index (κ1) is 23.2. The zero-order valence-electron chi connectivity index (χ0n) is 16.3. The van der Waals surface area contributed by atoms with E-state index in [1.54, 1.807) is 13.8 Å². The molecule has 0 bridgehead atoms. The molecule has 0 fully saturated rings. The molecule has 0 saturated heterocycles. The minimum Gasteiger partial charge on any atom is -0.505 e. The normalized spacial score (nSPS) is 12.8. The summed E-state index contributed by atoms with van der Waals surface area (Å²) in [5.74, 6) is -0.417. The molecule has 2 aromatic carbocycles. The van der Waals surface area contributed by atoms with Crippen molar-refractivity contribution in [1.29, 1.82) is 0 Å². The minimum atomic E-state index is -0.716. The van der Waals surface area contributed by atoms with E-state index in [0.29, 0.717) is 21.9 Å². The van der Waals surface area contributed by atoms with Crippen LogP contribution in [0.4, 0.5) is 0 Å². The molecule has 0 saturated carbocycles. The number of esters is 1. The molecule has 156 valence electrons. The van der Waals surface area contributed by atoms with Gasteiger partial charge in [-0.2, -0.15) is 0 Å². The van der Waals surface area contributed by atoms with Crippen molar-refractivity contribution in [1.82, 2.24) is 0 Å². The predicted octanol–water partition coefficient (Wildman–Crippen LogP) is 5.90. The number of fused-ring (bicyclic) bond motifs is 2. The first-order chi connectivity index (χ1) is 13.1. The van der Waals surface area contributed by atoms with Crippen molar-refractivity contribution in [3.63, 3.8) is 0 Å². The lowest BCUT2D eigenvalue weighted by molar-refractivity contribution is 0.0735. The lowest BCUT2D eigenvalue weighted by atomic mass is 10.0. The summed E-state index contributed by atoms with van der Waals surface area (Å²) in [4.78, 5) is 12.9. The third-order valence-electron chi connectivity index (χ3n) is 4.71. The summed E-state index contributed by atoms with van der Waals surface area (Å²) in [7, 11) is 1.47. The molecule has 0 aromatic heterocycles. The van der Waals surface area contributed by atoms with Crippen LogP contribution in [0.2, 0.25) is 15.1 Å². The number of hydrogen-bond acceptors (Lipinski definition) is 5. The fraction of sp³-hybridized carbons (Fsp3) is 0.250. The van der Waals surface area contributed by atoms with Crippen molar-refractivity contribution in [3.8, 4) is 28.7 Å². The van der Waals surface area contributed by atoms with E-state index in [1.165, 1.54) is 7.11 Å². The van der Waals surface area contributed by atoms with Gasteiger partial charge in [0.25, 0.3) is 0 Å². The molecule has 0 aliphatic carbocycles. The van der Waals surface area contributed by atoms with E-state index in [2.05, 4.69) is 0 Å². The molecule has 0 spiro atoms. The highest BCUT2D eigenvalue weighted by atomic mass is 35.5. The second kappa shape index (κ2) is 8.32. The zero-order valence-corrected chi connectivity index (χ0v) is 18.6. The average Bonchev–Trinajstić information content (AvgIpc) is 2.81. The van der Waals surface area contributed by atoms with Crippen molar-refractivity contribution in [3.05, 3.63) is 43.4 Å². The van der Waals surface area contributed by atoms with E-state index in [4.69, 9.17) is 49.0 Å². The highest BCUT2D eigenvalue weighted by molar-refractivity contribution is 6.39. The topological polar surface area (TPSA) is 96.5 Å². The molecule has 6 nitrogen and oxygen atoms in total. The molecule has 9 heteroatoms. The third-order valence-corrected chi connectivity index (χ3v) is 5.89. The lowest BCUT2D eigenvalue weighted by Gasteiger charge is -2.20. The van der Waals surface area contributed by atoms with Crippen molar-refractivity contribution in [2.75, 3.05) is 7.11 Å². The number of hydrogen-bond donors (Lipinski definition) is 1. The number of carbonyl (C=O) groups excluding carboxylic acids is 1. The van der Waals surface area contributed by atoms with E-state index in [1.807, 2.05) is 19.9 Å². The Labute approximate surface area is 182 Å². The Balaban J connectivity index is 0.00000300. The van der Waals surface area contributed by atoms with Gasteiger partial charge in [0.05, 0.1) is 17.2 Å². The minimum absolute atomic E-state index is 0. The average molecular weight is 462 g/mol. The van der Waals surface area contributed by atoms with E-state index < -0.39 is 5.97 Å². The highest BCUT2D eigenvalue weighted by Crippen LogP contribution is 2.55. The number of ether oxygens (including phenoxy) is 3. The van der Waals surface area contributed by atoms with Gasteiger partial charge in [0, 0.05) is 11.1 Å². The lowest BCUT2D eigenvalue weighted by Crippen LogP contribution is -2.11. The summed E-state index contributed by atoms with van der Waals surface area (Å²) in [5, 5.41) is 10.3. The van der Waals surface area contributed by atoms with Crippen LogP contribution in [-0.2, 0) is 0 Å². The van der Waals surface area contributed by atoms with Gasteiger partial charge in [-0.05, 0) is 38.8 Å². The number of methoxy groups -OCH3 is 1. The molecule has 3 rings (SSSR count). The number of carbonyl (C=O) groups is 1. The summed E-state index contributed by atoms with van der Waals surface area (Å²) in [6.45, 7) is 6.93. The number of allylic oxidation sites excluding steroid dienone is 2. The molecular formula is C20H19Cl3O6. The van der Waals surface area contributed by atoms with Gasteiger partial charge in [-0.25, -0.2) is 4.79 Å². The van der Waals surface area contributed by atoms with E-state index in [9.17, 15) is 9.90 Å². The van der Waals surface area contributed by atoms with E-state index in [-0.39, 0.29) is 49.6 Å². The monoisotopic (exact) mass is 460 g/mol. The maximum Gasteiger partial charge on any atom is 0.347 e. The van der Waals surface area contributed by atoms with Gasteiger partial charge in [-0.15, -0.1) is 0 Å². The maximum absolute atomic E-state index is 12.9. The van der Waals surface area contributed by atoms with Crippen LogP contribution in [0, 0.1) is 13.8 Å². The smallest absolute Gasteiger partial charge is 0.347 e. The van der Waals surface area contributed by atoms with Gasteiger partial charge < -0.3 is 24.8 Å². The van der Waals surface area contributed by atoms with Crippen LogP contribution < -0.4 is 14.2 Å². The predicted molar refractivity (Wildman–Crippen MR) is 114 cm³/mol. The molecule has 1 aliphatic rings. The first-order valence-corrected chi connectivity index (χ1v) is 9.42. The standard InChI is InChI=1S/C20H17Cl3O5.H2O/c1-6-7(2)10-13(22)16(26-5)9(4)17-19(10)27-18-11(20(25)28-17)8(3)12(21)15(24)14(18)23;/h6,24H,1-5H3;1H2/b7-6+;. The van der Waals surface area contributed by atoms with Crippen molar-refractivity contribution in [2.24, 2.45) is 0 Å². The zero-order chi connectivity index (χ0) is 20.9. The Morgan fingerprint density at radius 2 is 1.62 bits per heavy atom. The number of benzene rings is 2. The van der Waals surface area contributed by atoms with Crippen LogP contribution in [-0.4, -0.2) is 23.7 Å². The number of rotatable bonds is 2. The Hall–Kier alpha value is -2.12. The molecule has 1 aliphatic heterocycles. The molecule has 29 heavy (non-hydrogen) atoms. The van der Waals surface area contributed by atoms with Gasteiger partial charge in [-0.3, -0.25) is 0 Å². The van der Waals surface area contributed by atoms with Crippen molar-refractivity contribution < 1.29 is 29.6 Å². The van der Waals surface area contributed by atoms with Crippen LogP contribution >= 0.6 is 34.8 Å². The SMILES string of the molecule is C/C=C(\C)c1c(Cl)c(OC)c(C)c2c1Oc1c(Cl)c(O)c(Cl)c(C)c1C(=O)O2.O. The molecule has 1 heterocycles. The van der Waals surface area contributed by atoms with Gasteiger partial charge in [0.15, 0.2) is 23.0 Å². The van der Waals surface area contributed by atoms with Gasteiger partial charge in [-0.1, -0.05) is 40.9 Å². The molecule has 3 N–H and O–H groups in total. The van der Waals surface area contributed by atoms with Crippen LogP contribution in [0.25, 0.3) is 5.57 Å². The number of halogens is 3. The summed E-state index contributed by atoms with van der Waals surface area (Å²) < 4.78 is 17.1. The van der Waals surface area contributed by atoms with Gasteiger partial charge in [0.2, 0.25) is 0 Å². The van der Waals surface area contributed by atoms with E-state index in [0.717, 1.165) is 5.57 Å². The largest absolute Gasteiger partial charge is 0.505 e.